The minimum Gasteiger partial charge on any atom is -0.306 e. The van der Waals surface area contributed by atoms with Gasteiger partial charge < -0.3 is 5.32 Å². The molecule has 3 nitrogen and oxygen atoms in total. The number of nitrogens with zero attached hydrogens (tertiary/aromatic N) is 2. The number of nitrogens with one attached hydrogen (secondary N) is 1. The summed E-state index contributed by atoms with van der Waals surface area (Å²) < 4.78 is 2.06. The third kappa shape index (κ3) is 3.22. The fourth-order valence-electron chi connectivity index (χ4n) is 2.62. The van der Waals surface area contributed by atoms with Crippen LogP contribution in [-0.4, -0.2) is 9.78 Å². The topological polar surface area (TPSA) is 29.9 Å². The molecular weight excluding hydrogens is 270 g/mol. The van der Waals surface area contributed by atoms with Crippen LogP contribution in [0, 0.1) is 13.8 Å². The summed E-state index contributed by atoms with van der Waals surface area (Å²) in [4.78, 5) is 0. The van der Waals surface area contributed by atoms with Crippen LogP contribution in [0.2, 0.25) is 5.02 Å². The number of aromatic nitrogens is 2. The molecule has 0 fully saturated rings. The van der Waals surface area contributed by atoms with Gasteiger partial charge in [-0.2, -0.15) is 5.10 Å². The van der Waals surface area contributed by atoms with Crippen LogP contribution in [0.5, 0.6) is 0 Å². The fraction of sp³-hybridized carbons (Fsp3) is 0.438. The molecule has 1 unspecified atom stereocenters. The highest BCUT2D eigenvalue weighted by Gasteiger charge is 2.16. The average Bonchev–Trinajstić information content (AvgIpc) is 2.72. The van der Waals surface area contributed by atoms with Gasteiger partial charge in [0.2, 0.25) is 0 Å². The van der Waals surface area contributed by atoms with Gasteiger partial charge in [-0.3, -0.25) is 4.68 Å². The minimum atomic E-state index is 0.283. The van der Waals surface area contributed by atoms with Crippen LogP contribution in [0.1, 0.15) is 42.4 Å². The van der Waals surface area contributed by atoms with E-state index in [1.807, 2.05) is 12.1 Å². The van der Waals surface area contributed by atoms with E-state index in [2.05, 4.69) is 54.9 Å². The van der Waals surface area contributed by atoms with Gasteiger partial charge in [-0.15, -0.1) is 0 Å². The molecule has 2 aromatic rings. The van der Waals surface area contributed by atoms with E-state index in [-0.39, 0.29) is 6.04 Å². The summed E-state index contributed by atoms with van der Waals surface area (Å²) in [5, 5.41) is 8.91. The Morgan fingerprint density at radius 2 is 1.90 bits per heavy atom. The summed E-state index contributed by atoms with van der Waals surface area (Å²) in [5.41, 5.74) is 4.90. The second-order valence-electron chi connectivity index (χ2n) is 5.13. The first-order valence-electron chi connectivity index (χ1n) is 7.04. The summed E-state index contributed by atoms with van der Waals surface area (Å²) in [7, 11) is 0. The molecule has 0 radical (unpaired) electrons. The first kappa shape index (κ1) is 15.1. The molecule has 0 aliphatic rings. The van der Waals surface area contributed by atoms with Gasteiger partial charge in [-0.25, -0.2) is 0 Å². The predicted molar refractivity (Wildman–Crippen MR) is 84.1 cm³/mol. The molecule has 0 saturated carbocycles. The molecular formula is C16H22ClN3. The molecule has 108 valence electrons. The van der Waals surface area contributed by atoms with Crippen LogP contribution in [0.25, 0.3) is 0 Å². The van der Waals surface area contributed by atoms with Crippen molar-refractivity contribution in [2.45, 2.75) is 46.8 Å². The van der Waals surface area contributed by atoms with Crippen molar-refractivity contribution in [3.05, 3.63) is 51.8 Å². The number of halogens is 1. The zero-order valence-electron chi connectivity index (χ0n) is 12.6. The van der Waals surface area contributed by atoms with Crippen molar-refractivity contribution in [3.63, 3.8) is 0 Å². The zero-order valence-corrected chi connectivity index (χ0v) is 13.3. The van der Waals surface area contributed by atoms with Gasteiger partial charge in [0.15, 0.2) is 0 Å². The van der Waals surface area contributed by atoms with Crippen molar-refractivity contribution < 1.29 is 0 Å². The molecule has 0 aliphatic carbocycles. The molecule has 20 heavy (non-hydrogen) atoms. The molecule has 1 atom stereocenters. The Kier molecular flexibility index (Phi) is 4.84. The summed E-state index contributed by atoms with van der Waals surface area (Å²) in [5.74, 6) is 0. The highest BCUT2D eigenvalue weighted by Crippen LogP contribution is 2.21. The molecule has 0 bridgehead atoms. The van der Waals surface area contributed by atoms with E-state index < -0.39 is 0 Å². The Bertz CT molecular complexity index is 572. The highest BCUT2D eigenvalue weighted by molar-refractivity contribution is 6.30. The third-order valence-corrected chi connectivity index (χ3v) is 3.95. The van der Waals surface area contributed by atoms with E-state index in [9.17, 15) is 0 Å². The SMILES string of the molecule is CCn1nc(C)c(C(C)NCc2ccc(Cl)cc2)c1C. The van der Waals surface area contributed by atoms with Gasteiger partial charge in [0.05, 0.1) is 5.69 Å². The molecule has 1 aromatic carbocycles. The molecule has 0 amide bonds. The van der Waals surface area contributed by atoms with E-state index >= 15 is 0 Å². The van der Waals surface area contributed by atoms with Crippen LogP contribution in [-0.2, 0) is 13.1 Å². The Balaban J connectivity index is 2.07. The number of aryl methyl sites for hydroxylation is 2. The second-order valence-corrected chi connectivity index (χ2v) is 5.57. The van der Waals surface area contributed by atoms with E-state index in [1.165, 1.54) is 16.8 Å². The van der Waals surface area contributed by atoms with Gasteiger partial charge in [-0.1, -0.05) is 23.7 Å². The Morgan fingerprint density at radius 1 is 1.25 bits per heavy atom. The summed E-state index contributed by atoms with van der Waals surface area (Å²) in [6.45, 7) is 10.3. The second kappa shape index (κ2) is 6.42. The van der Waals surface area contributed by atoms with Gasteiger partial charge >= 0.3 is 0 Å². The molecule has 0 spiro atoms. The lowest BCUT2D eigenvalue weighted by Crippen LogP contribution is -2.19. The maximum atomic E-state index is 5.90. The van der Waals surface area contributed by atoms with Crippen LogP contribution < -0.4 is 5.32 Å². The summed E-state index contributed by atoms with van der Waals surface area (Å²) >= 11 is 5.90. The van der Waals surface area contributed by atoms with Crippen molar-refractivity contribution in [2.24, 2.45) is 0 Å². The van der Waals surface area contributed by atoms with E-state index in [0.717, 1.165) is 23.8 Å². The first-order valence-corrected chi connectivity index (χ1v) is 7.42. The van der Waals surface area contributed by atoms with Gasteiger partial charge in [0.25, 0.3) is 0 Å². The highest BCUT2D eigenvalue weighted by atomic mass is 35.5. The lowest BCUT2D eigenvalue weighted by atomic mass is 10.1. The maximum absolute atomic E-state index is 5.90. The van der Waals surface area contributed by atoms with Crippen LogP contribution in [0.4, 0.5) is 0 Å². The average molecular weight is 292 g/mol. The van der Waals surface area contributed by atoms with Crippen LogP contribution in [0.3, 0.4) is 0 Å². The summed E-state index contributed by atoms with van der Waals surface area (Å²) in [6.07, 6.45) is 0. The van der Waals surface area contributed by atoms with Crippen molar-refractivity contribution in [1.82, 2.24) is 15.1 Å². The zero-order chi connectivity index (χ0) is 14.7. The van der Waals surface area contributed by atoms with Gasteiger partial charge in [0, 0.05) is 35.4 Å². The number of hydrogen-bond acceptors (Lipinski definition) is 2. The number of hydrogen-bond donors (Lipinski definition) is 1. The Hall–Kier alpha value is -1.32. The Morgan fingerprint density at radius 3 is 2.45 bits per heavy atom. The lowest BCUT2D eigenvalue weighted by Gasteiger charge is -2.15. The van der Waals surface area contributed by atoms with Crippen LogP contribution in [0.15, 0.2) is 24.3 Å². The monoisotopic (exact) mass is 291 g/mol. The summed E-state index contributed by atoms with van der Waals surface area (Å²) in [6, 6.07) is 8.24. The van der Waals surface area contributed by atoms with Crippen molar-refractivity contribution >= 4 is 11.6 Å². The van der Waals surface area contributed by atoms with E-state index in [0.29, 0.717) is 0 Å². The Labute approximate surface area is 126 Å². The maximum Gasteiger partial charge on any atom is 0.0644 e. The smallest absolute Gasteiger partial charge is 0.0644 e. The van der Waals surface area contributed by atoms with E-state index in [4.69, 9.17) is 11.6 Å². The van der Waals surface area contributed by atoms with Gasteiger partial charge in [0.1, 0.15) is 0 Å². The normalized spacial score (nSPS) is 12.7. The molecule has 0 saturated heterocycles. The quantitative estimate of drug-likeness (QED) is 0.901. The number of rotatable bonds is 5. The molecule has 0 aliphatic heterocycles. The number of benzene rings is 1. The molecule has 1 aromatic heterocycles. The minimum absolute atomic E-state index is 0.283. The van der Waals surface area contributed by atoms with Gasteiger partial charge in [-0.05, 0) is 45.4 Å². The fourth-order valence-corrected chi connectivity index (χ4v) is 2.75. The van der Waals surface area contributed by atoms with Crippen molar-refractivity contribution in [1.29, 1.82) is 0 Å². The molecule has 2 rings (SSSR count). The van der Waals surface area contributed by atoms with E-state index in [1.54, 1.807) is 0 Å². The molecule has 4 heteroatoms. The lowest BCUT2D eigenvalue weighted by molar-refractivity contribution is 0.566. The van der Waals surface area contributed by atoms with Crippen molar-refractivity contribution in [3.8, 4) is 0 Å². The molecule has 1 heterocycles. The molecule has 1 N–H and O–H groups in total. The largest absolute Gasteiger partial charge is 0.306 e. The third-order valence-electron chi connectivity index (χ3n) is 3.70. The predicted octanol–water partition coefficient (Wildman–Crippen LogP) is 4.02. The first-order chi connectivity index (χ1) is 9.52. The van der Waals surface area contributed by atoms with Crippen LogP contribution >= 0.6 is 11.6 Å². The standard InChI is InChI=1S/C16H22ClN3/c1-5-20-13(4)16(12(3)19-20)11(2)18-10-14-6-8-15(17)9-7-14/h6-9,11,18H,5,10H2,1-4H3. The van der Waals surface area contributed by atoms with Crippen molar-refractivity contribution in [2.75, 3.05) is 0 Å².